The lowest BCUT2D eigenvalue weighted by atomic mass is 10.2. The predicted octanol–water partition coefficient (Wildman–Crippen LogP) is -0.168. The number of aromatic nitrogens is 4. The van der Waals surface area contributed by atoms with Crippen LogP contribution in [0.4, 0.5) is 0 Å². The Morgan fingerprint density at radius 3 is 2.81 bits per heavy atom. The largest absolute Gasteiger partial charge is 0.495 e. The van der Waals surface area contributed by atoms with Gasteiger partial charge >= 0.3 is 0 Å². The van der Waals surface area contributed by atoms with Crippen LogP contribution in [0.1, 0.15) is 11.4 Å². The van der Waals surface area contributed by atoms with Gasteiger partial charge in [0.05, 0.1) is 20.3 Å². The number of halogens is 1. The molecule has 0 aliphatic rings. The third-order valence-electron chi connectivity index (χ3n) is 2.57. The fraction of sp³-hybridized carbons (Fsp3) is 0.300. The number of aliphatic hydroxyl groups is 1. The van der Waals surface area contributed by atoms with Crippen molar-refractivity contribution in [3.8, 4) is 5.75 Å². The van der Waals surface area contributed by atoms with E-state index in [0.29, 0.717) is 0 Å². The lowest BCUT2D eigenvalue weighted by Crippen LogP contribution is -2.24. The van der Waals surface area contributed by atoms with Crippen LogP contribution in [-0.2, 0) is 23.2 Å². The summed E-state index contributed by atoms with van der Waals surface area (Å²) >= 11 is 5.86. The van der Waals surface area contributed by atoms with E-state index in [1.54, 1.807) is 0 Å². The number of methoxy groups -OCH3 is 1. The summed E-state index contributed by atoms with van der Waals surface area (Å²) in [5.41, 5.74) is 0.268. The second-order valence-electron chi connectivity index (χ2n) is 3.91. The fourth-order valence-corrected chi connectivity index (χ4v) is 3.19. The Morgan fingerprint density at radius 1 is 1.48 bits per heavy atom. The molecule has 2 rings (SSSR count). The highest BCUT2D eigenvalue weighted by Gasteiger charge is 2.23. The molecular weight excluding hydrogens is 322 g/mol. The van der Waals surface area contributed by atoms with E-state index in [-0.39, 0.29) is 33.6 Å². The molecule has 21 heavy (non-hydrogen) atoms. The average molecular weight is 334 g/mol. The molecule has 0 amide bonds. The number of H-pyrrole nitrogens is 1. The molecule has 11 heteroatoms. The number of tetrazole rings is 1. The Morgan fingerprint density at radius 2 is 2.24 bits per heavy atom. The number of sulfonamides is 1. The van der Waals surface area contributed by atoms with Gasteiger partial charge in [-0.3, -0.25) is 0 Å². The highest BCUT2D eigenvalue weighted by Crippen LogP contribution is 2.31. The number of aliphatic hydroxyl groups excluding tert-OH is 1. The Balaban J connectivity index is 2.36. The molecule has 0 bridgehead atoms. The molecular formula is C10H12ClN5O4S. The van der Waals surface area contributed by atoms with Crippen LogP contribution in [0, 0.1) is 0 Å². The first-order valence-corrected chi connectivity index (χ1v) is 7.53. The maximum atomic E-state index is 12.3. The molecule has 1 aromatic heterocycles. The Labute approximate surface area is 125 Å². The summed E-state index contributed by atoms with van der Waals surface area (Å²) in [7, 11) is -2.62. The van der Waals surface area contributed by atoms with E-state index in [1.165, 1.54) is 19.2 Å². The fourth-order valence-electron chi connectivity index (χ4n) is 1.67. The van der Waals surface area contributed by atoms with Crippen molar-refractivity contribution >= 4 is 21.6 Å². The molecule has 0 saturated heterocycles. The van der Waals surface area contributed by atoms with Crippen molar-refractivity contribution in [2.45, 2.75) is 18.0 Å². The van der Waals surface area contributed by atoms with Gasteiger partial charge in [0.1, 0.15) is 10.6 Å². The topological polar surface area (TPSA) is 130 Å². The summed E-state index contributed by atoms with van der Waals surface area (Å²) < 4.78 is 32.0. The summed E-state index contributed by atoms with van der Waals surface area (Å²) in [6.45, 7) is -0.556. The van der Waals surface area contributed by atoms with Crippen molar-refractivity contribution in [3.63, 3.8) is 0 Å². The Bertz CT molecular complexity index is 719. The second kappa shape index (κ2) is 6.35. The van der Waals surface area contributed by atoms with E-state index in [4.69, 9.17) is 16.3 Å². The minimum Gasteiger partial charge on any atom is -0.495 e. The molecule has 1 heterocycles. The minimum atomic E-state index is -3.93. The molecule has 0 atom stereocenters. The molecule has 0 aliphatic heterocycles. The number of nitrogens with one attached hydrogen (secondary N) is 2. The number of ether oxygens (including phenoxy) is 1. The number of aromatic amines is 1. The molecule has 1 aromatic carbocycles. The van der Waals surface area contributed by atoms with Crippen molar-refractivity contribution < 1.29 is 18.3 Å². The molecule has 0 saturated carbocycles. The third kappa shape index (κ3) is 3.47. The highest BCUT2D eigenvalue weighted by molar-refractivity contribution is 7.89. The van der Waals surface area contributed by atoms with Gasteiger partial charge in [-0.25, -0.2) is 13.1 Å². The van der Waals surface area contributed by atoms with E-state index < -0.39 is 16.6 Å². The zero-order chi connectivity index (χ0) is 15.5. The quantitative estimate of drug-likeness (QED) is 0.669. The second-order valence-corrected chi connectivity index (χ2v) is 6.08. The average Bonchev–Trinajstić information content (AvgIpc) is 2.97. The molecule has 0 unspecified atom stereocenters. The summed E-state index contributed by atoms with van der Waals surface area (Å²) in [4.78, 5) is -0.176. The van der Waals surface area contributed by atoms with Crippen molar-refractivity contribution in [2.75, 3.05) is 7.11 Å². The van der Waals surface area contributed by atoms with Crippen LogP contribution in [0.15, 0.2) is 17.0 Å². The van der Waals surface area contributed by atoms with E-state index in [1.807, 2.05) is 0 Å². The van der Waals surface area contributed by atoms with Gasteiger partial charge in [-0.1, -0.05) is 16.8 Å². The number of hydrogen-bond acceptors (Lipinski definition) is 7. The maximum absolute atomic E-state index is 12.3. The van der Waals surface area contributed by atoms with Gasteiger partial charge in [0, 0.05) is 10.6 Å². The van der Waals surface area contributed by atoms with Crippen molar-refractivity contribution in [1.82, 2.24) is 25.3 Å². The summed E-state index contributed by atoms with van der Waals surface area (Å²) in [5.74, 6) is 0.212. The van der Waals surface area contributed by atoms with E-state index in [0.717, 1.165) is 0 Å². The molecule has 0 radical (unpaired) electrons. The minimum absolute atomic E-state index is 0.0301. The highest BCUT2D eigenvalue weighted by atomic mass is 35.5. The number of nitrogens with zero attached hydrogens (tertiary/aromatic N) is 3. The number of hydrogen-bond donors (Lipinski definition) is 3. The van der Waals surface area contributed by atoms with Gasteiger partial charge in [0.25, 0.3) is 0 Å². The van der Waals surface area contributed by atoms with Crippen molar-refractivity contribution in [1.29, 1.82) is 0 Å². The summed E-state index contributed by atoms with van der Waals surface area (Å²) in [6.07, 6.45) is 0. The molecule has 0 fully saturated rings. The van der Waals surface area contributed by atoms with Crippen LogP contribution in [0.25, 0.3) is 0 Å². The first kappa shape index (κ1) is 15.6. The monoisotopic (exact) mass is 333 g/mol. The summed E-state index contributed by atoms with van der Waals surface area (Å²) in [5, 5.41) is 22.2. The van der Waals surface area contributed by atoms with E-state index in [9.17, 15) is 13.5 Å². The van der Waals surface area contributed by atoms with Gasteiger partial charge in [0.2, 0.25) is 10.0 Å². The summed E-state index contributed by atoms with van der Waals surface area (Å²) in [6, 6.07) is 2.66. The molecule has 3 N–H and O–H groups in total. The normalized spacial score (nSPS) is 11.6. The van der Waals surface area contributed by atoms with Gasteiger partial charge in [-0.15, -0.1) is 10.2 Å². The van der Waals surface area contributed by atoms with Gasteiger partial charge in [-0.05, 0) is 12.1 Å². The molecule has 0 aliphatic carbocycles. The molecule has 114 valence electrons. The van der Waals surface area contributed by atoms with Crippen LogP contribution in [0.2, 0.25) is 5.02 Å². The Kier molecular flexibility index (Phi) is 4.73. The van der Waals surface area contributed by atoms with Gasteiger partial charge < -0.3 is 9.84 Å². The first-order chi connectivity index (χ1) is 9.97. The van der Waals surface area contributed by atoms with Crippen LogP contribution in [0.3, 0.4) is 0 Å². The van der Waals surface area contributed by atoms with Crippen molar-refractivity contribution in [2.24, 2.45) is 0 Å². The van der Waals surface area contributed by atoms with Gasteiger partial charge in [-0.2, -0.15) is 5.21 Å². The van der Waals surface area contributed by atoms with Gasteiger partial charge in [0.15, 0.2) is 5.82 Å². The molecule has 2 aromatic rings. The SMILES string of the molecule is COc1c(CO)cc(Cl)cc1S(=O)(=O)NCc1nn[nH]n1. The van der Waals surface area contributed by atoms with Crippen LogP contribution >= 0.6 is 11.6 Å². The molecule has 0 spiro atoms. The lowest BCUT2D eigenvalue weighted by Gasteiger charge is -2.13. The van der Waals surface area contributed by atoms with Crippen molar-refractivity contribution in [3.05, 3.63) is 28.5 Å². The smallest absolute Gasteiger partial charge is 0.244 e. The zero-order valence-electron chi connectivity index (χ0n) is 10.9. The number of benzene rings is 1. The van der Waals surface area contributed by atoms with Crippen LogP contribution in [0.5, 0.6) is 5.75 Å². The van der Waals surface area contributed by atoms with E-state index in [2.05, 4.69) is 25.3 Å². The standard InChI is InChI=1S/C10H12ClN5O4S/c1-20-10-6(5-17)2-7(11)3-8(10)21(18,19)12-4-9-13-15-16-14-9/h2-3,12,17H,4-5H2,1H3,(H,13,14,15,16). The number of rotatable bonds is 6. The zero-order valence-corrected chi connectivity index (χ0v) is 12.4. The Hall–Kier alpha value is -1.75. The maximum Gasteiger partial charge on any atom is 0.244 e. The van der Waals surface area contributed by atoms with Crippen LogP contribution in [-0.4, -0.2) is 41.3 Å². The lowest BCUT2D eigenvalue weighted by molar-refractivity contribution is 0.272. The third-order valence-corrected chi connectivity index (χ3v) is 4.19. The van der Waals surface area contributed by atoms with E-state index >= 15 is 0 Å². The predicted molar refractivity (Wildman–Crippen MR) is 72.1 cm³/mol. The molecule has 9 nitrogen and oxygen atoms in total. The first-order valence-electron chi connectivity index (χ1n) is 5.67. The van der Waals surface area contributed by atoms with Crippen LogP contribution < -0.4 is 9.46 Å².